The number of rotatable bonds is 23. The molecular formula is C63H114KN4NaO22Si2. The molecule has 0 spiro atoms. The fourth-order valence-corrected chi connectivity index (χ4v) is 9.83. The molecule has 6 rings (SSSR count). The molecular weight excluding hydrogens is 1280 g/mol. The first-order valence-electron chi connectivity index (χ1n) is 30.0. The molecule has 5 aliphatic carbocycles. The minimum atomic E-state index is -1.22. The van der Waals surface area contributed by atoms with Crippen LogP contribution in [0.15, 0.2) is 30.3 Å². The van der Waals surface area contributed by atoms with Gasteiger partial charge in [-0.05, 0) is 174 Å². The van der Waals surface area contributed by atoms with Gasteiger partial charge in [0.1, 0.15) is 11.1 Å². The van der Waals surface area contributed by atoms with E-state index in [-0.39, 0.29) is 145 Å². The molecule has 0 aliphatic heterocycles. The van der Waals surface area contributed by atoms with E-state index in [2.05, 4.69) is 55.2 Å². The molecule has 0 bridgehead atoms. The van der Waals surface area contributed by atoms with Gasteiger partial charge in [0.25, 0.3) is 0 Å². The Bertz CT molecular complexity index is 2390. The van der Waals surface area contributed by atoms with Crippen molar-refractivity contribution in [1.82, 2.24) is 10.6 Å². The van der Waals surface area contributed by atoms with Gasteiger partial charge in [0.05, 0.1) is 51.8 Å². The van der Waals surface area contributed by atoms with Crippen molar-refractivity contribution in [2.45, 2.75) is 228 Å². The number of carbonyl (C=O) groups is 10. The summed E-state index contributed by atoms with van der Waals surface area (Å²) in [5, 5.41) is 33.3. The SMILES string of the molecule is C.C.C.CCO.CCOC(=O)C1(C(=O)O)CCC1.CCOC(=O)C1(C(=O)OCC)CCC1.CCOC(=O)C1(NC(=O)OCC[Si](C)(C)C)CCC1.CCOC(=O)C=Cc1ccc(NC(=O)C2(N)CCC2)cc1.C[Si](C)(C)CCOC(=O)NC1(C(=O)O)CCC1.[K+].[Na+].[OH-].[OH-]. The number of esters is 5. The summed E-state index contributed by atoms with van der Waals surface area (Å²) >= 11 is 0. The van der Waals surface area contributed by atoms with E-state index in [1.165, 1.54) is 6.08 Å². The molecule has 1 aromatic rings. The predicted molar refractivity (Wildman–Crippen MR) is 351 cm³/mol. The Morgan fingerprint density at radius 2 is 0.839 bits per heavy atom. The van der Waals surface area contributed by atoms with E-state index < -0.39 is 85.6 Å². The van der Waals surface area contributed by atoms with Gasteiger partial charge in [0.15, 0.2) is 10.8 Å². The van der Waals surface area contributed by atoms with Crippen molar-refractivity contribution in [3.8, 4) is 0 Å². The maximum Gasteiger partial charge on any atom is 1.00 e. The monoisotopic (exact) mass is 1400 g/mol. The van der Waals surface area contributed by atoms with E-state index in [4.69, 9.17) is 54.2 Å². The van der Waals surface area contributed by atoms with Crippen molar-refractivity contribution in [2.24, 2.45) is 16.6 Å². The number of ether oxygens (including phenoxy) is 7. The van der Waals surface area contributed by atoms with E-state index in [9.17, 15) is 47.9 Å². The van der Waals surface area contributed by atoms with Crippen molar-refractivity contribution in [3.05, 3.63) is 35.9 Å². The third-order valence-corrected chi connectivity index (χ3v) is 18.1. The number of aliphatic carboxylic acids is 2. The van der Waals surface area contributed by atoms with Crippen molar-refractivity contribution in [2.75, 3.05) is 58.2 Å². The number of carbonyl (C=O) groups excluding carboxylic acids is 8. The molecule has 26 nitrogen and oxygen atoms in total. The molecule has 5 saturated carbocycles. The van der Waals surface area contributed by atoms with Crippen LogP contribution in [-0.4, -0.2) is 172 Å². The summed E-state index contributed by atoms with van der Waals surface area (Å²) in [6, 6.07) is 9.01. The van der Waals surface area contributed by atoms with Crippen LogP contribution in [0.1, 0.15) is 166 Å². The number of hydrogen-bond acceptors (Lipinski definition) is 21. The number of aliphatic hydroxyl groups excluding tert-OH is 1. The molecule has 5 aliphatic rings. The molecule has 0 unspecified atom stereocenters. The van der Waals surface area contributed by atoms with Gasteiger partial charge in [-0.15, -0.1) is 0 Å². The number of hydrogen-bond donors (Lipinski definition) is 7. The zero-order chi connectivity index (χ0) is 65.4. The summed E-state index contributed by atoms with van der Waals surface area (Å²) in [5.74, 6) is -4.30. The van der Waals surface area contributed by atoms with Crippen LogP contribution in [0.3, 0.4) is 0 Å². The van der Waals surface area contributed by atoms with E-state index in [1.807, 2.05) is 12.1 Å². The molecule has 0 aromatic heterocycles. The summed E-state index contributed by atoms with van der Waals surface area (Å²) < 4.78 is 34.4. The average molecular weight is 1400 g/mol. The van der Waals surface area contributed by atoms with Gasteiger partial charge in [-0.3, -0.25) is 24.0 Å². The number of alkyl carbamates (subject to hydrolysis) is 2. The first-order valence-corrected chi connectivity index (χ1v) is 37.4. The molecule has 10 N–H and O–H groups in total. The van der Waals surface area contributed by atoms with Crippen LogP contribution in [0.5, 0.6) is 0 Å². The van der Waals surface area contributed by atoms with E-state index in [0.717, 1.165) is 62.6 Å². The molecule has 3 amide bonds. The standard InChI is InChI=1S/C16H20N2O3.C13H25NO4Si.C11H21NO4Si.C10H16O4.C8H12O4.C2H6O.3CH4.K.Na.2H2O/c1-2-21-14(19)9-6-12-4-7-13(8-5-12)18-15(20)16(17)10-3-11-16;1-5-17-11(15)13(7-6-8-13)14-12(16)18-9-10-19(2,3)4;1-17(2,3)8-7-16-10(15)12-11(9(13)14)5-4-6-11;1-3-13-8(11)10(6-5-7-10)9(12)14-4-2;1-2-12-7(11)8(6(9)10)4-3-5-8;1-2-3;;;;;;;/h4-9H,2-3,10-11,17H2,1H3,(H,18,20);5-10H2,1-4H3,(H,14,16);4-8H2,1-3H3,(H,12,15)(H,13,14);3-7H2,1-2H3;2-5H2,1H3,(H,9,10);3H,2H2,1H3;3*1H4;;;2*1H2/q;;;;;;;;;2*+1;;/p-2. The molecule has 30 heteroatoms. The molecule has 528 valence electrons. The number of anilines is 1. The second-order valence-electron chi connectivity index (χ2n) is 23.9. The third-order valence-electron chi connectivity index (χ3n) is 14.7. The molecule has 0 saturated heterocycles. The molecule has 1 aromatic carbocycles. The van der Waals surface area contributed by atoms with Crippen LogP contribution in [-0.2, 0) is 71.5 Å². The number of benzene rings is 1. The maximum atomic E-state index is 12.0. The quantitative estimate of drug-likeness (QED) is 0.0263. The van der Waals surface area contributed by atoms with Gasteiger partial charge in [-0.2, -0.15) is 0 Å². The number of aliphatic hydroxyl groups is 1. The van der Waals surface area contributed by atoms with Gasteiger partial charge in [0, 0.05) is 34.5 Å². The van der Waals surface area contributed by atoms with Crippen molar-refractivity contribution < 1.29 is 188 Å². The summed E-state index contributed by atoms with van der Waals surface area (Å²) in [5.41, 5.74) is 2.70. The first kappa shape index (κ1) is 103. The minimum absolute atomic E-state index is 0. The Kier molecular flexibility index (Phi) is 55.8. The van der Waals surface area contributed by atoms with Gasteiger partial charge >= 0.3 is 135 Å². The third kappa shape index (κ3) is 35.3. The number of nitrogens with two attached hydrogens (primary N) is 1. The van der Waals surface area contributed by atoms with E-state index >= 15 is 0 Å². The second-order valence-corrected chi connectivity index (χ2v) is 35.1. The van der Waals surface area contributed by atoms with Crippen LogP contribution in [0.4, 0.5) is 15.3 Å². The van der Waals surface area contributed by atoms with Gasteiger partial charge in [-0.25, -0.2) is 24.0 Å². The Morgan fingerprint density at radius 3 is 1.12 bits per heavy atom. The topological polar surface area (TPSA) is 418 Å². The Hall–Kier alpha value is -3.83. The number of carboxylic acids is 2. The summed E-state index contributed by atoms with van der Waals surface area (Å²) in [7, 11) is -2.43. The number of carboxylic acid groups (broad SMARTS) is 2. The molecule has 93 heavy (non-hydrogen) atoms. The number of amides is 3. The normalized spacial score (nSPS) is 15.9. The smallest absolute Gasteiger partial charge is 0.870 e. The zero-order valence-electron chi connectivity index (χ0n) is 55.9. The van der Waals surface area contributed by atoms with E-state index in [1.54, 1.807) is 59.8 Å². The fraction of sp³-hybridized carbons (Fsp3) is 0.714. The second kappa shape index (κ2) is 50.5. The number of nitrogens with one attached hydrogen (secondary N) is 3. The van der Waals surface area contributed by atoms with Gasteiger partial charge < -0.3 is 81.1 Å². The van der Waals surface area contributed by atoms with E-state index in [0.29, 0.717) is 96.7 Å². The molecule has 5 fully saturated rings. The predicted octanol–water partition coefficient (Wildman–Crippen LogP) is 4.33. The van der Waals surface area contributed by atoms with Crippen LogP contribution < -0.4 is 103 Å². The van der Waals surface area contributed by atoms with Crippen LogP contribution in [0, 0.1) is 10.8 Å². The van der Waals surface area contributed by atoms with Crippen molar-refractivity contribution in [3.63, 3.8) is 0 Å². The molecule has 0 radical (unpaired) electrons. The van der Waals surface area contributed by atoms with Gasteiger partial charge in [0.2, 0.25) is 5.91 Å². The van der Waals surface area contributed by atoms with Crippen LogP contribution >= 0.6 is 0 Å². The molecule has 0 heterocycles. The Morgan fingerprint density at radius 1 is 0.505 bits per heavy atom. The Balaban J connectivity index is -0.000000195. The molecule has 0 atom stereocenters. The summed E-state index contributed by atoms with van der Waals surface area (Å²) in [6.07, 6.45) is 12.0. The Labute approximate surface area is 619 Å². The van der Waals surface area contributed by atoms with Crippen LogP contribution in [0.25, 0.3) is 6.08 Å². The maximum absolute atomic E-state index is 12.0. The van der Waals surface area contributed by atoms with Crippen molar-refractivity contribution >= 4 is 87.8 Å². The minimum Gasteiger partial charge on any atom is -0.870 e. The zero-order valence-corrected chi connectivity index (χ0v) is 63.0. The first-order chi connectivity index (χ1) is 40.3. The average Bonchev–Trinajstić information content (AvgIpc) is 0.978. The summed E-state index contributed by atoms with van der Waals surface area (Å²) in [6.45, 7) is 26.2. The van der Waals surface area contributed by atoms with Crippen molar-refractivity contribution in [1.29, 1.82) is 0 Å². The summed E-state index contributed by atoms with van der Waals surface area (Å²) in [4.78, 5) is 114. The van der Waals surface area contributed by atoms with Gasteiger partial charge in [-0.1, -0.05) is 73.7 Å². The fourth-order valence-electron chi connectivity index (χ4n) is 8.40. The largest absolute Gasteiger partial charge is 1.00 e. The van der Waals surface area contributed by atoms with Crippen LogP contribution in [0.2, 0.25) is 51.4 Å².